The van der Waals surface area contributed by atoms with E-state index in [0.717, 1.165) is 6.08 Å². The fourth-order valence-electron chi connectivity index (χ4n) is 0.189. The molecule has 3 nitrogen and oxygen atoms in total. The number of hydrogen-bond acceptors (Lipinski definition) is 4. The molecule has 0 spiro atoms. The van der Waals surface area contributed by atoms with Crippen molar-refractivity contribution in [1.29, 1.82) is 0 Å². The second-order valence-electron chi connectivity index (χ2n) is 1.18. The van der Waals surface area contributed by atoms with Crippen molar-refractivity contribution in [1.82, 2.24) is 0 Å². The molecule has 0 aliphatic carbocycles. The van der Waals surface area contributed by atoms with Crippen LogP contribution in [0.5, 0.6) is 0 Å². The zero-order valence-electron chi connectivity index (χ0n) is 5.62. The predicted molar refractivity (Wildman–Crippen MR) is 32.7 cm³/mol. The maximum atomic E-state index is 10.3. The number of rotatable bonds is 3. The number of aliphatic carboxylic acids is 1. The van der Waals surface area contributed by atoms with E-state index in [4.69, 9.17) is 0 Å². The number of thioether (sulfide) groups is 1. The van der Waals surface area contributed by atoms with E-state index in [2.05, 4.69) is 6.58 Å². The third-order valence-corrected chi connectivity index (χ3v) is 1.33. The Kier molecular flexibility index (Phi) is 8.68. The van der Waals surface area contributed by atoms with E-state index in [0.29, 0.717) is 11.8 Å². The molecule has 0 heterocycles. The first-order valence-electron chi connectivity index (χ1n) is 2.16. The van der Waals surface area contributed by atoms with Crippen molar-refractivity contribution in [3.05, 3.63) is 12.7 Å². The van der Waals surface area contributed by atoms with Crippen LogP contribution in [0.3, 0.4) is 0 Å². The number of carboxylic acid groups (broad SMARTS) is 1. The van der Waals surface area contributed by atoms with Crippen molar-refractivity contribution in [3.63, 3.8) is 0 Å². The van der Waals surface area contributed by atoms with Crippen LogP contribution >= 0.6 is 11.8 Å². The third kappa shape index (κ3) is 7.83. The average Bonchev–Trinajstić information content (AvgIpc) is 1.83. The Hall–Kier alpha value is -0.173. The topological polar surface area (TPSA) is 57.2 Å². The average molecular weight is 152 g/mol. The van der Waals surface area contributed by atoms with Crippen molar-refractivity contribution in [3.8, 4) is 0 Å². The Morgan fingerprint density at radius 1 is 1.60 bits per heavy atom. The van der Waals surface area contributed by atoms with Crippen molar-refractivity contribution >= 4 is 22.8 Å². The van der Waals surface area contributed by atoms with E-state index >= 15 is 0 Å². The van der Waals surface area contributed by atoms with Crippen LogP contribution in [0.4, 0.5) is 0 Å². The van der Waals surface area contributed by atoms with Crippen molar-refractivity contribution < 1.29 is 33.6 Å². The number of carbonyl (C=O) groups excluding carboxylic acids is 2. The van der Waals surface area contributed by atoms with Gasteiger partial charge in [-0.1, -0.05) is 18.3 Å². The second-order valence-corrected chi connectivity index (χ2v) is 2.16. The standard InChI is InChI=1S/C5H6O3S.Li/c1-2-5(8)9-3-4(6)7;/h2H,1,3H2,(H,6,7);/q;+1/p-1. The number of carbonyl (C=O) groups is 2. The minimum absolute atomic E-state index is 0. The smallest absolute Gasteiger partial charge is 0.549 e. The first-order chi connectivity index (χ1) is 4.16. The summed E-state index contributed by atoms with van der Waals surface area (Å²) in [6.45, 7) is 3.15. The second kappa shape index (κ2) is 6.94. The Morgan fingerprint density at radius 2 is 2.10 bits per heavy atom. The molecule has 5 heteroatoms. The number of carboxylic acids is 1. The summed E-state index contributed by atoms with van der Waals surface area (Å²) in [6, 6.07) is 0. The summed E-state index contributed by atoms with van der Waals surface area (Å²) in [5.41, 5.74) is 0. The molecule has 0 N–H and O–H groups in total. The van der Waals surface area contributed by atoms with Gasteiger partial charge in [-0.05, 0) is 6.08 Å². The quantitative estimate of drug-likeness (QED) is 0.307. The van der Waals surface area contributed by atoms with E-state index in [-0.39, 0.29) is 29.7 Å². The molecule has 0 unspecified atom stereocenters. The molecular weight excluding hydrogens is 147 g/mol. The van der Waals surface area contributed by atoms with Crippen LogP contribution in [0.1, 0.15) is 0 Å². The van der Waals surface area contributed by atoms with Crippen LogP contribution in [-0.4, -0.2) is 16.8 Å². The molecule has 0 radical (unpaired) electrons. The SMILES string of the molecule is C=CC(=O)SCC(=O)[O-].[Li+]. The third-order valence-electron chi connectivity index (χ3n) is 0.499. The largest absolute Gasteiger partial charge is 1.00 e. The first-order valence-corrected chi connectivity index (χ1v) is 3.14. The van der Waals surface area contributed by atoms with Gasteiger partial charge >= 0.3 is 18.9 Å². The van der Waals surface area contributed by atoms with Gasteiger partial charge in [0.2, 0.25) is 5.12 Å². The van der Waals surface area contributed by atoms with Crippen molar-refractivity contribution in [2.75, 3.05) is 5.75 Å². The molecule has 0 amide bonds. The maximum Gasteiger partial charge on any atom is 1.00 e. The summed E-state index contributed by atoms with van der Waals surface area (Å²) in [7, 11) is 0. The van der Waals surface area contributed by atoms with Crippen LogP contribution < -0.4 is 24.0 Å². The van der Waals surface area contributed by atoms with Gasteiger partial charge in [-0.3, -0.25) is 4.79 Å². The van der Waals surface area contributed by atoms with Gasteiger partial charge in [0.1, 0.15) is 0 Å². The van der Waals surface area contributed by atoms with Crippen molar-refractivity contribution in [2.45, 2.75) is 0 Å². The van der Waals surface area contributed by atoms with Crippen LogP contribution in [0.2, 0.25) is 0 Å². The van der Waals surface area contributed by atoms with Crippen LogP contribution in [0.15, 0.2) is 12.7 Å². The monoisotopic (exact) mass is 152 g/mol. The summed E-state index contributed by atoms with van der Waals surface area (Å²) < 4.78 is 0. The molecule has 10 heavy (non-hydrogen) atoms. The van der Waals surface area contributed by atoms with Crippen molar-refractivity contribution in [2.24, 2.45) is 0 Å². The molecular formula is C5H5LiO3S. The summed E-state index contributed by atoms with van der Waals surface area (Å²) >= 11 is 0.666. The fraction of sp³-hybridized carbons (Fsp3) is 0.200. The maximum absolute atomic E-state index is 10.3. The van der Waals surface area contributed by atoms with Gasteiger partial charge in [-0.25, -0.2) is 0 Å². The minimum atomic E-state index is -1.24. The Morgan fingerprint density at radius 3 is 2.40 bits per heavy atom. The predicted octanol–water partition coefficient (Wildman–Crippen LogP) is -3.81. The Bertz CT molecular complexity index is 146. The molecule has 0 aliphatic rings. The summed E-state index contributed by atoms with van der Waals surface area (Å²) in [4.78, 5) is 20.0. The van der Waals surface area contributed by atoms with Gasteiger partial charge in [0, 0.05) is 5.75 Å². The molecule has 0 aromatic carbocycles. The van der Waals surface area contributed by atoms with Gasteiger partial charge in [-0.15, -0.1) is 0 Å². The van der Waals surface area contributed by atoms with Crippen LogP contribution in [0, 0.1) is 0 Å². The molecule has 0 bridgehead atoms. The molecule has 0 saturated heterocycles. The van der Waals surface area contributed by atoms with Gasteiger partial charge in [0.05, 0.1) is 5.97 Å². The van der Waals surface area contributed by atoms with E-state index in [1.165, 1.54) is 0 Å². The zero-order chi connectivity index (χ0) is 7.28. The van der Waals surface area contributed by atoms with Gasteiger partial charge in [-0.2, -0.15) is 0 Å². The molecule has 0 aromatic heterocycles. The molecule has 0 aromatic rings. The van der Waals surface area contributed by atoms with E-state index in [1.54, 1.807) is 0 Å². The summed E-state index contributed by atoms with van der Waals surface area (Å²) in [5.74, 6) is -1.54. The summed E-state index contributed by atoms with van der Waals surface area (Å²) in [5, 5.41) is 9.35. The van der Waals surface area contributed by atoms with Gasteiger partial charge in [0.15, 0.2) is 0 Å². The van der Waals surface area contributed by atoms with E-state index in [1.807, 2.05) is 0 Å². The van der Waals surface area contributed by atoms with E-state index in [9.17, 15) is 14.7 Å². The minimum Gasteiger partial charge on any atom is -0.549 e. The Labute approximate surface area is 75.0 Å². The molecule has 0 aliphatic heterocycles. The first kappa shape index (κ1) is 12.5. The van der Waals surface area contributed by atoms with Crippen LogP contribution in [0.25, 0.3) is 0 Å². The number of hydrogen-bond donors (Lipinski definition) is 0. The molecule has 50 valence electrons. The van der Waals surface area contributed by atoms with Gasteiger partial charge < -0.3 is 9.90 Å². The molecule has 0 rings (SSSR count). The fourth-order valence-corrected chi connectivity index (χ4v) is 0.567. The molecule has 0 saturated carbocycles. The normalized spacial score (nSPS) is 7.60. The zero-order valence-corrected chi connectivity index (χ0v) is 6.44. The molecule has 0 fully saturated rings. The van der Waals surface area contributed by atoms with Gasteiger partial charge in [0.25, 0.3) is 0 Å². The van der Waals surface area contributed by atoms with E-state index < -0.39 is 5.97 Å². The molecule has 0 atom stereocenters. The summed E-state index contributed by atoms with van der Waals surface area (Å²) in [6.07, 6.45) is 1.06. The Balaban J connectivity index is 0. The van der Waals surface area contributed by atoms with Crippen LogP contribution in [-0.2, 0) is 9.59 Å².